The smallest absolute Gasteiger partial charge is 0.480 e. The minimum atomic E-state index is -1.27. The average Bonchev–Trinajstić information content (AvgIpc) is 3.30. The maximum absolute atomic E-state index is 14.0. The minimum absolute atomic E-state index is 0. The van der Waals surface area contributed by atoms with Crippen molar-refractivity contribution in [1.29, 1.82) is 0 Å². The van der Waals surface area contributed by atoms with Crippen molar-refractivity contribution in [3.8, 4) is 0 Å². The van der Waals surface area contributed by atoms with Crippen LogP contribution in [0.15, 0.2) is 66.7 Å². The predicted octanol–water partition coefficient (Wildman–Crippen LogP) is -0.627. The Morgan fingerprint density at radius 1 is 0.614 bits per heavy atom. The summed E-state index contributed by atoms with van der Waals surface area (Å²) >= 11 is 0. The summed E-state index contributed by atoms with van der Waals surface area (Å²) in [4.78, 5) is 107. The molecule has 5 amide bonds. The summed E-state index contributed by atoms with van der Waals surface area (Å²) in [5.41, 5.74) is 25.8. The first-order chi connectivity index (χ1) is 33.0. The molecule has 0 aliphatic carbocycles. The van der Waals surface area contributed by atoms with Gasteiger partial charge in [-0.05, 0) is 81.4 Å². The number of anilines is 2. The number of nitrogens with two attached hydrogens (primary N) is 4. The standard InChI is InChI=1S/C46H62N12O11.Fe/c47-18-5-3-12-34(43(50)66)54-45(68)35(13-4-6-19-48)55-46(69)36(22-49)56-44(67)32-10-7-9-31-41(30-8-1-2-11-33(30)53-42(31)32)52-29-16-14-28(15-17-29)23-51-37(59)24-57(25-38(60)61)20-21-58(26-39(62)63)27-40(64)65;/h1-2,7-11,14-17,34-36H,3-6,12-13,18-27,47-49H2,(H2,50,66)(H,51,59)(H,52,53)(H,54,68)(H,55,69)(H,56,67)(H,60,61)(H,62,63)(H,64,65);/q;+2/t34-,35-,36-;/m0./s1. The Morgan fingerprint density at radius 2 is 1.16 bits per heavy atom. The molecule has 0 aliphatic rings. The Labute approximate surface area is 414 Å². The number of primary amides is 1. The number of benzene rings is 3. The van der Waals surface area contributed by atoms with Crippen LogP contribution in [0.25, 0.3) is 21.8 Å². The van der Waals surface area contributed by atoms with Gasteiger partial charge in [-0.1, -0.05) is 42.5 Å². The van der Waals surface area contributed by atoms with Crippen LogP contribution >= 0.6 is 0 Å². The molecule has 0 fully saturated rings. The number of hydrogen-bond acceptors (Lipinski definition) is 15. The summed E-state index contributed by atoms with van der Waals surface area (Å²) in [6.07, 6.45) is 2.68. The number of hydrogen-bond donors (Lipinski definition) is 12. The number of carbonyl (C=O) groups is 8. The first-order valence-electron chi connectivity index (χ1n) is 22.4. The van der Waals surface area contributed by atoms with Gasteiger partial charge in [-0.2, -0.15) is 0 Å². The molecule has 0 aliphatic heterocycles. The molecule has 3 aromatic carbocycles. The maximum Gasteiger partial charge on any atom is 2.00 e. The topological polar surface area (TPSA) is 381 Å². The summed E-state index contributed by atoms with van der Waals surface area (Å²) in [5.74, 6) is -6.97. The molecule has 23 nitrogen and oxygen atoms in total. The maximum atomic E-state index is 14.0. The molecular formula is C46H62FeN12O11+2. The zero-order chi connectivity index (χ0) is 50.5. The molecule has 0 radical (unpaired) electrons. The van der Waals surface area contributed by atoms with Crippen molar-refractivity contribution in [1.82, 2.24) is 36.1 Å². The zero-order valence-electron chi connectivity index (χ0n) is 38.5. The molecule has 0 saturated carbocycles. The SMILES string of the molecule is NCCCC[C@H](NC(=O)[C@H](CCCCN)NC(=O)[C@H](CN)NC(=O)c1cccc2c(Nc3ccc(CNC(=O)CN(CCN(CC(=O)O)CC(=O)O)CC(=O)O)cc3)c3ccccc3nc12)C(N)=O.[Fe+2]. The Morgan fingerprint density at radius 3 is 1.73 bits per heavy atom. The number of carbonyl (C=O) groups excluding carboxylic acids is 5. The molecular weight excluding hydrogens is 952 g/mol. The van der Waals surface area contributed by atoms with Gasteiger partial charge in [-0.3, -0.25) is 48.2 Å². The number of nitrogens with zero attached hydrogens (tertiary/aromatic N) is 3. The number of aromatic nitrogens is 1. The average molecular weight is 1010 g/mol. The van der Waals surface area contributed by atoms with E-state index in [0.29, 0.717) is 72.1 Å². The van der Waals surface area contributed by atoms with Gasteiger partial charge in [0.05, 0.1) is 48.5 Å². The number of unbranched alkanes of at least 4 members (excludes halogenated alkanes) is 2. The van der Waals surface area contributed by atoms with Crippen molar-refractivity contribution >= 4 is 80.6 Å². The zero-order valence-corrected chi connectivity index (χ0v) is 39.6. The monoisotopic (exact) mass is 1010 g/mol. The fourth-order valence-electron chi connectivity index (χ4n) is 7.38. The summed E-state index contributed by atoms with van der Waals surface area (Å²) in [7, 11) is 0. The van der Waals surface area contributed by atoms with Crippen LogP contribution in [0, 0.1) is 0 Å². The molecule has 24 heteroatoms. The second kappa shape index (κ2) is 29.3. The van der Waals surface area contributed by atoms with Gasteiger partial charge in [0, 0.05) is 42.6 Å². The Bertz CT molecular complexity index is 2430. The summed E-state index contributed by atoms with van der Waals surface area (Å²) < 4.78 is 0. The van der Waals surface area contributed by atoms with Gasteiger partial charge in [0.2, 0.25) is 23.6 Å². The van der Waals surface area contributed by atoms with Crippen LogP contribution in [0.2, 0.25) is 0 Å². The number of pyridine rings is 1. The van der Waals surface area contributed by atoms with E-state index in [0.717, 1.165) is 10.3 Å². The van der Waals surface area contributed by atoms with E-state index in [1.54, 1.807) is 54.6 Å². The number of aliphatic carboxylic acids is 3. The van der Waals surface area contributed by atoms with E-state index >= 15 is 0 Å². The second-order valence-corrected chi connectivity index (χ2v) is 16.3. The summed E-state index contributed by atoms with van der Waals surface area (Å²) in [6, 6.07) is 16.1. The fourth-order valence-corrected chi connectivity index (χ4v) is 7.38. The number of fused-ring (bicyclic) bond motifs is 2. The van der Waals surface area contributed by atoms with E-state index in [-0.39, 0.29) is 68.2 Å². The molecule has 1 aromatic heterocycles. The van der Waals surface area contributed by atoms with E-state index in [4.69, 9.17) is 38.1 Å². The quantitative estimate of drug-likeness (QED) is 0.0170. The Kier molecular flexibility index (Phi) is 24.1. The van der Waals surface area contributed by atoms with Gasteiger partial charge in [0.15, 0.2) is 0 Å². The summed E-state index contributed by atoms with van der Waals surface area (Å²) in [6.45, 7) is -1.67. The van der Waals surface area contributed by atoms with Gasteiger partial charge in [-0.15, -0.1) is 0 Å². The number of rotatable bonds is 31. The number of amides is 5. The number of nitrogens with one attached hydrogen (secondary N) is 5. The third kappa shape index (κ3) is 18.3. The van der Waals surface area contributed by atoms with Crippen LogP contribution in [-0.2, 0) is 57.2 Å². The van der Waals surface area contributed by atoms with Crippen LogP contribution in [0.3, 0.4) is 0 Å². The van der Waals surface area contributed by atoms with Crippen LogP contribution < -0.4 is 49.5 Å². The van der Waals surface area contributed by atoms with Crippen molar-refractivity contribution in [3.05, 3.63) is 77.9 Å². The molecule has 70 heavy (non-hydrogen) atoms. The molecule has 1 heterocycles. The Hall–Kier alpha value is -6.79. The van der Waals surface area contributed by atoms with E-state index < -0.39 is 85.2 Å². The third-order valence-corrected chi connectivity index (χ3v) is 10.9. The molecule has 378 valence electrons. The van der Waals surface area contributed by atoms with Crippen LogP contribution in [-0.4, -0.2) is 155 Å². The number of carboxylic acid groups (broad SMARTS) is 3. The first-order valence-corrected chi connectivity index (χ1v) is 22.4. The van der Waals surface area contributed by atoms with Gasteiger partial charge in [-0.25, -0.2) is 4.98 Å². The second-order valence-electron chi connectivity index (χ2n) is 16.3. The molecule has 3 atom stereocenters. The van der Waals surface area contributed by atoms with E-state index in [2.05, 4.69) is 26.6 Å². The van der Waals surface area contributed by atoms with Crippen LogP contribution in [0.5, 0.6) is 0 Å². The third-order valence-electron chi connectivity index (χ3n) is 10.9. The van der Waals surface area contributed by atoms with Crippen LogP contribution in [0.4, 0.5) is 11.4 Å². The van der Waals surface area contributed by atoms with E-state index in [1.807, 2.05) is 12.1 Å². The normalized spacial score (nSPS) is 12.4. The van der Waals surface area contributed by atoms with Crippen molar-refractivity contribution in [2.45, 2.75) is 63.2 Å². The van der Waals surface area contributed by atoms with Crippen molar-refractivity contribution < 1.29 is 70.7 Å². The first kappa shape index (κ1) is 57.5. The molecule has 4 rings (SSSR count). The minimum Gasteiger partial charge on any atom is -0.480 e. The molecule has 4 aromatic rings. The number of para-hydroxylation sites is 2. The van der Waals surface area contributed by atoms with Crippen molar-refractivity contribution in [2.24, 2.45) is 22.9 Å². The molecule has 0 bridgehead atoms. The van der Waals surface area contributed by atoms with Gasteiger partial charge in [0.1, 0.15) is 18.1 Å². The summed E-state index contributed by atoms with van der Waals surface area (Å²) in [5, 5.41) is 43.1. The number of carboxylic acids is 3. The van der Waals surface area contributed by atoms with E-state index in [1.165, 1.54) is 4.90 Å². The Balaban J connectivity index is 0.0000130. The molecule has 0 saturated heterocycles. The molecule has 16 N–H and O–H groups in total. The van der Waals surface area contributed by atoms with Crippen molar-refractivity contribution in [2.75, 3.05) is 64.2 Å². The largest absolute Gasteiger partial charge is 2.00 e. The van der Waals surface area contributed by atoms with Gasteiger partial charge in [0.25, 0.3) is 5.91 Å². The molecule has 0 spiro atoms. The predicted molar refractivity (Wildman–Crippen MR) is 256 cm³/mol. The van der Waals surface area contributed by atoms with Crippen molar-refractivity contribution in [3.63, 3.8) is 0 Å². The van der Waals surface area contributed by atoms with E-state index in [9.17, 15) is 43.5 Å². The van der Waals surface area contributed by atoms with Gasteiger partial charge >= 0.3 is 35.0 Å². The fraction of sp³-hybridized carbons (Fsp3) is 0.413. The van der Waals surface area contributed by atoms with Crippen LogP contribution in [0.1, 0.15) is 54.4 Å². The molecule has 0 unspecified atom stereocenters. The van der Waals surface area contributed by atoms with Gasteiger partial charge < -0.3 is 64.8 Å².